The maximum atomic E-state index is 11.6. The van der Waals surface area contributed by atoms with Gasteiger partial charge in [0.1, 0.15) is 6.04 Å². The maximum Gasteiger partial charge on any atom is 0.326 e. The van der Waals surface area contributed by atoms with Crippen LogP contribution in [-0.4, -0.2) is 40.7 Å². The van der Waals surface area contributed by atoms with Crippen LogP contribution in [0.3, 0.4) is 0 Å². The van der Waals surface area contributed by atoms with Crippen molar-refractivity contribution in [3.05, 3.63) is 0 Å². The monoisotopic (exact) mass is 274 g/mol. The fourth-order valence-corrected chi connectivity index (χ4v) is 2.93. The molecule has 0 aromatic heterocycles. The summed E-state index contributed by atoms with van der Waals surface area (Å²) in [5.41, 5.74) is 0. The number of hydrogen-bond acceptors (Lipinski definition) is 3. The van der Waals surface area contributed by atoms with E-state index in [0.29, 0.717) is 13.0 Å². The lowest BCUT2D eigenvalue weighted by atomic mass is 9.84. The summed E-state index contributed by atoms with van der Waals surface area (Å²) in [6.45, 7) is 2.51. The van der Waals surface area contributed by atoms with Crippen molar-refractivity contribution in [1.82, 2.24) is 10.6 Å². The first-order valence-electron chi connectivity index (χ1n) is 6.35. The van der Waals surface area contributed by atoms with Gasteiger partial charge in [-0.05, 0) is 25.5 Å². The SMILES string of the molecule is CCC[C@@H](NC(=O)NCC1(SC)CCC1)C(=O)O. The molecule has 0 spiro atoms. The predicted octanol–water partition coefficient (Wildman–Crippen LogP) is 1.82. The lowest BCUT2D eigenvalue weighted by Gasteiger charge is -2.40. The van der Waals surface area contributed by atoms with Crippen LogP contribution in [0.25, 0.3) is 0 Å². The highest BCUT2D eigenvalue weighted by Crippen LogP contribution is 2.42. The first-order valence-corrected chi connectivity index (χ1v) is 7.58. The average Bonchev–Trinajstić information content (AvgIpc) is 2.27. The van der Waals surface area contributed by atoms with E-state index in [1.165, 1.54) is 6.42 Å². The molecular formula is C12H22N2O3S. The lowest BCUT2D eigenvalue weighted by Crippen LogP contribution is -2.51. The molecule has 0 unspecified atom stereocenters. The van der Waals surface area contributed by atoms with E-state index in [1.807, 2.05) is 6.92 Å². The van der Waals surface area contributed by atoms with E-state index in [2.05, 4.69) is 16.9 Å². The lowest BCUT2D eigenvalue weighted by molar-refractivity contribution is -0.139. The standard InChI is InChI=1S/C12H22N2O3S/c1-3-5-9(10(15)16)14-11(17)13-8-12(18-2)6-4-7-12/h9H,3-8H2,1-2H3,(H,15,16)(H2,13,14,17)/t9-/m1/s1. The van der Waals surface area contributed by atoms with Gasteiger partial charge in [-0.2, -0.15) is 11.8 Å². The van der Waals surface area contributed by atoms with Crippen molar-refractivity contribution in [2.75, 3.05) is 12.8 Å². The Bertz CT molecular complexity index is 300. The largest absolute Gasteiger partial charge is 0.480 e. The van der Waals surface area contributed by atoms with Gasteiger partial charge in [0.15, 0.2) is 0 Å². The molecule has 3 N–H and O–H groups in total. The molecule has 104 valence electrons. The number of carboxylic acids is 1. The summed E-state index contributed by atoms with van der Waals surface area (Å²) < 4.78 is 0.167. The fraction of sp³-hybridized carbons (Fsp3) is 0.833. The van der Waals surface area contributed by atoms with Crippen LogP contribution in [0.1, 0.15) is 39.0 Å². The number of aliphatic carboxylic acids is 1. The Hall–Kier alpha value is -0.910. The molecule has 1 saturated carbocycles. The van der Waals surface area contributed by atoms with E-state index < -0.39 is 12.0 Å². The minimum absolute atomic E-state index is 0.167. The van der Waals surface area contributed by atoms with Gasteiger partial charge in [-0.15, -0.1) is 0 Å². The average molecular weight is 274 g/mol. The molecule has 0 aromatic rings. The van der Waals surface area contributed by atoms with Gasteiger partial charge in [0.25, 0.3) is 0 Å². The van der Waals surface area contributed by atoms with Crippen molar-refractivity contribution in [1.29, 1.82) is 0 Å². The van der Waals surface area contributed by atoms with E-state index >= 15 is 0 Å². The van der Waals surface area contributed by atoms with Crippen LogP contribution >= 0.6 is 11.8 Å². The number of nitrogens with one attached hydrogen (secondary N) is 2. The van der Waals surface area contributed by atoms with Crippen molar-refractivity contribution in [2.45, 2.75) is 49.8 Å². The van der Waals surface area contributed by atoms with E-state index in [4.69, 9.17) is 5.11 Å². The summed E-state index contributed by atoms with van der Waals surface area (Å²) in [7, 11) is 0. The molecule has 0 radical (unpaired) electrons. The Morgan fingerprint density at radius 1 is 1.44 bits per heavy atom. The van der Waals surface area contributed by atoms with Crippen LogP contribution < -0.4 is 10.6 Å². The molecule has 1 atom stereocenters. The van der Waals surface area contributed by atoms with Crippen molar-refractivity contribution >= 4 is 23.8 Å². The zero-order valence-corrected chi connectivity index (χ0v) is 11.8. The second kappa shape index (κ2) is 6.87. The van der Waals surface area contributed by atoms with Crippen LogP contribution in [0.2, 0.25) is 0 Å². The van der Waals surface area contributed by atoms with Gasteiger partial charge in [0.2, 0.25) is 0 Å². The first kappa shape index (κ1) is 15.1. The zero-order valence-electron chi connectivity index (χ0n) is 11.0. The van der Waals surface area contributed by atoms with Gasteiger partial charge >= 0.3 is 12.0 Å². The summed E-state index contributed by atoms with van der Waals surface area (Å²) in [5, 5.41) is 14.2. The van der Waals surface area contributed by atoms with Crippen molar-refractivity contribution in [2.24, 2.45) is 0 Å². The maximum absolute atomic E-state index is 11.6. The van der Waals surface area contributed by atoms with Gasteiger partial charge < -0.3 is 15.7 Å². The highest BCUT2D eigenvalue weighted by molar-refractivity contribution is 8.00. The van der Waals surface area contributed by atoms with Crippen molar-refractivity contribution in [3.63, 3.8) is 0 Å². The number of hydrogen-bond donors (Lipinski definition) is 3. The smallest absolute Gasteiger partial charge is 0.326 e. The third kappa shape index (κ3) is 4.08. The van der Waals surface area contributed by atoms with E-state index in [0.717, 1.165) is 19.3 Å². The molecule has 18 heavy (non-hydrogen) atoms. The zero-order chi connectivity index (χ0) is 13.6. The van der Waals surface area contributed by atoms with Crippen LogP contribution in [0.5, 0.6) is 0 Å². The number of thioether (sulfide) groups is 1. The molecule has 0 saturated heterocycles. The number of carbonyl (C=O) groups excluding carboxylic acids is 1. The Labute approximate surface area is 112 Å². The Morgan fingerprint density at radius 2 is 2.11 bits per heavy atom. The molecule has 1 fully saturated rings. The Morgan fingerprint density at radius 3 is 2.50 bits per heavy atom. The molecule has 6 heteroatoms. The summed E-state index contributed by atoms with van der Waals surface area (Å²) in [6, 6.07) is -1.17. The second-order valence-electron chi connectivity index (χ2n) is 4.75. The van der Waals surface area contributed by atoms with Gasteiger partial charge in [0.05, 0.1) is 0 Å². The van der Waals surface area contributed by atoms with Crippen LogP contribution in [0, 0.1) is 0 Å². The summed E-state index contributed by atoms with van der Waals surface area (Å²) >= 11 is 1.78. The third-order valence-corrected chi connectivity index (χ3v) is 4.87. The van der Waals surface area contributed by atoms with Gasteiger partial charge in [-0.3, -0.25) is 0 Å². The number of rotatable bonds is 7. The normalized spacial score (nSPS) is 18.6. The van der Waals surface area contributed by atoms with Gasteiger partial charge in [-0.25, -0.2) is 9.59 Å². The Kier molecular flexibility index (Phi) is 5.78. The van der Waals surface area contributed by atoms with Gasteiger partial charge in [0, 0.05) is 11.3 Å². The van der Waals surface area contributed by atoms with E-state index in [1.54, 1.807) is 11.8 Å². The molecule has 0 aromatic carbocycles. The second-order valence-corrected chi connectivity index (χ2v) is 6.02. The molecule has 1 aliphatic carbocycles. The van der Waals surface area contributed by atoms with Crippen LogP contribution in [-0.2, 0) is 4.79 Å². The van der Waals surface area contributed by atoms with E-state index in [9.17, 15) is 9.59 Å². The minimum Gasteiger partial charge on any atom is -0.480 e. The Balaban J connectivity index is 2.33. The predicted molar refractivity (Wildman–Crippen MR) is 73.0 cm³/mol. The quantitative estimate of drug-likeness (QED) is 0.662. The van der Waals surface area contributed by atoms with Crippen LogP contribution in [0.15, 0.2) is 0 Å². The summed E-state index contributed by atoms with van der Waals surface area (Å²) in [5.74, 6) is -0.977. The fourth-order valence-electron chi connectivity index (χ4n) is 2.02. The highest BCUT2D eigenvalue weighted by Gasteiger charge is 2.36. The summed E-state index contributed by atoms with van der Waals surface area (Å²) in [4.78, 5) is 22.5. The number of amides is 2. The highest BCUT2D eigenvalue weighted by atomic mass is 32.2. The molecule has 1 aliphatic rings. The first-order chi connectivity index (χ1) is 8.53. The molecular weight excluding hydrogens is 252 g/mol. The third-order valence-electron chi connectivity index (χ3n) is 3.45. The molecule has 2 amide bonds. The molecule has 0 bridgehead atoms. The van der Waals surface area contributed by atoms with Gasteiger partial charge in [-0.1, -0.05) is 19.8 Å². The van der Waals surface area contributed by atoms with E-state index in [-0.39, 0.29) is 10.8 Å². The minimum atomic E-state index is -0.977. The number of carboxylic acid groups (broad SMARTS) is 1. The molecule has 0 aliphatic heterocycles. The number of carbonyl (C=O) groups is 2. The molecule has 1 rings (SSSR count). The molecule has 5 nitrogen and oxygen atoms in total. The van der Waals surface area contributed by atoms with Crippen molar-refractivity contribution < 1.29 is 14.7 Å². The number of urea groups is 1. The molecule has 0 heterocycles. The van der Waals surface area contributed by atoms with Crippen LogP contribution in [0.4, 0.5) is 4.79 Å². The van der Waals surface area contributed by atoms with Crippen molar-refractivity contribution in [3.8, 4) is 0 Å². The topological polar surface area (TPSA) is 78.4 Å². The summed E-state index contributed by atoms with van der Waals surface area (Å²) in [6.07, 6.45) is 6.67.